The largest absolute Gasteiger partial charge is 0.454 e. The maximum absolute atomic E-state index is 7.17. The molecule has 0 spiro atoms. The van der Waals surface area contributed by atoms with E-state index in [1.165, 1.54) is 122 Å². The number of anilines is 8. The first-order valence-corrected chi connectivity index (χ1v) is 30.7. The van der Waals surface area contributed by atoms with Crippen molar-refractivity contribution in [1.29, 1.82) is 0 Å². The quantitative estimate of drug-likeness (QED) is 0.160. The Labute approximate surface area is 482 Å². The number of rotatable bonds is 5. The zero-order chi connectivity index (χ0) is 56.1. The van der Waals surface area contributed by atoms with Gasteiger partial charge in [0.25, 0.3) is 6.71 Å². The number of furan rings is 1. The average Bonchev–Trinajstić information content (AvgIpc) is 4.19. The normalized spacial score (nSPS) is 22.2. The smallest absolute Gasteiger partial charge is 0.252 e. The first kappa shape index (κ1) is 50.9. The molecule has 5 heteroatoms. The third-order valence-electron chi connectivity index (χ3n) is 22.1. The van der Waals surface area contributed by atoms with Gasteiger partial charge in [-0.2, -0.15) is 0 Å². The highest BCUT2D eigenvalue weighted by molar-refractivity contribution is 7.00. The van der Waals surface area contributed by atoms with Gasteiger partial charge in [-0.25, -0.2) is 0 Å². The van der Waals surface area contributed by atoms with Crippen LogP contribution in [-0.2, 0) is 32.5 Å². The van der Waals surface area contributed by atoms with E-state index >= 15 is 0 Å². The fourth-order valence-electron chi connectivity index (χ4n) is 16.7. The lowest BCUT2D eigenvalue weighted by atomic mass is 9.33. The summed E-state index contributed by atoms with van der Waals surface area (Å²) in [4.78, 5) is 8.15. The van der Waals surface area contributed by atoms with E-state index < -0.39 is 0 Å². The lowest BCUT2D eigenvalue weighted by molar-refractivity contribution is 0.195. The van der Waals surface area contributed by atoms with Crippen molar-refractivity contribution in [3.8, 4) is 11.1 Å². The van der Waals surface area contributed by atoms with Gasteiger partial charge in [0.2, 0.25) is 0 Å². The van der Waals surface area contributed by atoms with Crippen molar-refractivity contribution in [2.45, 2.75) is 179 Å². The van der Waals surface area contributed by atoms with Crippen LogP contribution in [0.3, 0.4) is 0 Å². The van der Waals surface area contributed by atoms with Gasteiger partial charge in [-0.05, 0) is 194 Å². The van der Waals surface area contributed by atoms with Crippen molar-refractivity contribution < 1.29 is 4.42 Å². The Morgan fingerprint density at radius 1 is 0.457 bits per heavy atom. The van der Waals surface area contributed by atoms with Crippen LogP contribution in [0.25, 0.3) is 33.1 Å². The highest BCUT2D eigenvalue weighted by Gasteiger charge is 2.62. The maximum Gasteiger partial charge on any atom is 0.252 e. The highest BCUT2D eigenvalue weighted by atomic mass is 16.3. The first-order valence-electron chi connectivity index (χ1n) is 30.7. The molecule has 4 nitrogen and oxygen atoms in total. The van der Waals surface area contributed by atoms with Crippen LogP contribution >= 0.6 is 0 Å². The van der Waals surface area contributed by atoms with Crippen molar-refractivity contribution >= 4 is 90.5 Å². The Hall–Kier alpha value is -6.98. The van der Waals surface area contributed by atoms with Crippen LogP contribution in [-0.4, -0.2) is 12.3 Å². The molecule has 1 fully saturated rings. The van der Waals surface area contributed by atoms with Crippen LogP contribution in [0.1, 0.15) is 175 Å². The molecule has 6 aliphatic rings. The van der Waals surface area contributed by atoms with Crippen LogP contribution < -0.4 is 31.1 Å². The van der Waals surface area contributed by atoms with Crippen LogP contribution in [0.4, 0.5) is 45.5 Å². The van der Waals surface area contributed by atoms with E-state index in [-0.39, 0.29) is 44.7 Å². The topological polar surface area (TPSA) is 22.9 Å². The summed E-state index contributed by atoms with van der Waals surface area (Å²) in [6.07, 6.45) is 9.46. The molecule has 2 atom stereocenters. The van der Waals surface area contributed by atoms with Crippen LogP contribution in [0.2, 0.25) is 0 Å². The van der Waals surface area contributed by atoms with Gasteiger partial charge < -0.3 is 19.1 Å². The summed E-state index contributed by atoms with van der Waals surface area (Å²) < 4.78 is 7.17. The van der Waals surface area contributed by atoms with Gasteiger partial charge in [0.05, 0.1) is 11.2 Å². The fraction of sp³-hybridized carbons (Fsp3) is 0.368. The third kappa shape index (κ3) is 7.15. The summed E-state index contributed by atoms with van der Waals surface area (Å²) in [5, 5.41) is 2.27. The summed E-state index contributed by atoms with van der Waals surface area (Å²) in [5.41, 5.74) is 27.2. The second-order valence-corrected chi connectivity index (χ2v) is 29.7. The van der Waals surface area contributed by atoms with Gasteiger partial charge in [-0.15, -0.1) is 0 Å². The second-order valence-electron chi connectivity index (χ2n) is 29.7. The second kappa shape index (κ2) is 16.8. The SMILES string of the molecule is CC(C)(C)c1cc2c3c(c1)C1(C)CCCCC1(C)N3c1cc(-c3ccccc3)cc3c1B2c1ccc(N(c2ccc4c(c2)C(C)(C)CCC4(C)C)c2ccc4c(c2)C(C)(C)CCC4(C)C)cc1N3c1cccc2c1oc1ccccc12. The molecule has 0 bridgehead atoms. The van der Waals surface area contributed by atoms with E-state index in [1.54, 1.807) is 5.56 Å². The Kier molecular flexibility index (Phi) is 10.6. The molecule has 0 radical (unpaired) electrons. The minimum atomic E-state index is -0.127. The molecule has 408 valence electrons. The predicted molar refractivity (Wildman–Crippen MR) is 345 cm³/mol. The van der Waals surface area contributed by atoms with Crippen molar-refractivity contribution in [3.05, 3.63) is 185 Å². The molecular weight excluding hydrogens is 982 g/mol. The molecule has 3 aliphatic heterocycles. The molecule has 15 rings (SSSR count). The van der Waals surface area contributed by atoms with Crippen LogP contribution in [0, 0.1) is 0 Å². The standard InChI is InChI=1S/C76H80BN3O/c1-70(2,3)49-42-59-68-61(43-49)77-60-33-30-52(78(50-28-31-55-57(44-50)73(8,9)38-36-71(55,4)5)51-29-32-56-58(45-51)74(10,11)39-37-72(56,6)7)46-63(60)79(62-26-21-25-54-53-24-17-18-27-66(53)81-69(54)62)64-40-48(47-22-15-14-16-23-47)41-65(67(64)77)80(68)76(13)35-20-19-34-75(59,76)12/h14-18,21-33,40-46H,19-20,34-39H2,1-13H3. The fourth-order valence-corrected chi connectivity index (χ4v) is 16.7. The van der Waals surface area contributed by atoms with E-state index in [0.29, 0.717) is 0 Å². The van der Waals surface area contributed by atoms with Crippen molar-refractivity contribution in [2.75, 3.05) is 14.7 Å². The third-order valence-corrected chi connectivity index (χ3v) is 22.1. The highest BCUT2D eigenvalue weighted by Crippen LogP contribution is 2.63. The van der Waals surface area contributed by atoms with E-state index in [4.69, 9.17) is 4.42 Å². The van der Waals surface area contributed by atoms with E-state index in [1.807, 2.05) is 0 Å². The minimum Gasteiger partial charge on any atom is -0.454 e. The van der Waals surface area contributed by atoms with Gasteiger partial charge in [0.15, 0.2) is 5.58 Å². The van der Waals surface area contributed by atoms with Gasteiger partial charge in [-0.1, -0.05) is 187 Å². The average molecular weight is 1060 g/mol. The Bertz CT molecular complexity index is 4050. The summed E-state index contributed by atoms with van der Waals surface area (Å²) in [7, 11) is 0. The zero-order valence-electron chi connectivity index (χ0n) is 50.4. The van der Waals surface area contributed by atoms with E-state index in [0.717, 1.165) is 52.6 Å². The predicted octanol–water partition coefficient (Wildman–Crippen LogP) is 19.1. The van der Waals surface area contributed by atoms with Crippen molar-refractivity contribution in [1.82, 2.24) is 0 Å². The molecule has 8 aromatic carbocycles. The Morgan fingerprint density at radius 2 is 1.04 bits per heavy atom. The minimum absolute atomic E-state index is 0.0262. The van der Waals surface area contributed by atoms with Gasteiger partial charge in [0, 0.05) is 56.0 Å². The van der Waals surface area contributed by atoms with E-state index in [9.17, 15) is 0 Å². The molecule has 3 aliphatic carbocycles. The molecular formula is C76H80BN3O. The molecule has 4 heterocycles. The molecule has 0 N–H and O–H groups in total. The summed E-state index contributed by atoms with van der Waals surface area (Å²) in [6, 6.07) is 59.6. The Balaban J connectivity index is 1.06. The number of para-hydroxylation sites is 2. The lowest BCUT2D eigenvalue weighted by Gasteiger charge is -2.53. The monoisotopic (exact) mass is 1060 g/mol. The zero-order valence-corrected chi connectivity index (χ0v) is 50.4. The Morgan fingerprint density at radius 3 is 1.70 bits per heavy atom. The van der Waals surface area contributed by atoms with Crippen molar-refractivity contribution in [2.24, 2.45) is 0 Å². The van der Waals surface area contributed by atoms with Gasteiger partial charge in [0.1, 0.15) is 5.58 Å². The number of benzene rings is 8. The molecule has 2 unspecified atom stereocenters. The van der Waals surface area contributed by atoms with Crippen LogP contribution in [0.5, 0.6) is 0 Å². The summed E-state index contributed by atoms with van der Waals surface area (Å²) in [5.74, 6) is 0. The molecule has 1 saturated carbocycles. The summed E-state index contributed by atoms with van der Waals surface area (Å²) >= 11 is 0. The summed E-state index contributed by atoms with van der Waals surface area (Å²) in [6.45, 7) is 32.1. The molecule has 0 saturated heterocycles. The molecule has 1 aromatic heterocycles. The van der Waals surface area contributed by atoms with E-state index in [2.05, 4.69) is 256 Å². The number of hydrogen-bond donors (Lipinski definition) is 0. The number of nitrogens with zero attached hydrogens (tertiary/aromatic N) is 3. The molecule has 0 amide bonds. The van der Waals surface area contributed by atoms with Gasteiger partial charge >= 0.3 is 0 Å². The first-order chi connectivity index (χ1) is 38.5. The van der Waals surface area contributed by atoms with Crippen LogP contribution in [0.15, 0.2) is 156 Å². The maximum atomic E-state index is 7.17. The lowest BCUT2D eigenvalue weighted by Crippen LogP contribution is -2.64. The molecule has 81 heavy (non-hydrogen) atoms. The number of hydrogen-bond acceptors (Lipinski definition) is 4. The molecule has 9 aromatic rings. The van der Waals surface area contributed by atoms with Gasteiger partial charge in [-0.3, -0.25) is 0 Å². The van der Waals surface area contributed by atoms with Crippen molar-refractivity contribution in [3.63, 3.8) is 0 Å². The number of fused-ring (bicyclic) bond motifs is 12.